The van der Waals surface area contributed by atoms with Crippen LogP contribution in [0.3, 0.4) is 0 Å². The fourth-order valence-electron chi connectivity index (χ4n) is 1.75. The first-order valence-electron chi connectivity index (χ1n) is 5.19. The van der Waals surface area contributed by atoms with E-state index < -0.39 is 0 Å². The first-order chi connectivity index (χ1) is 8.00. The van der Waals surface area contributed by atoms with Crippen LogP contribution in [0.1, 0.15) is 11.3 Å². The monoisotopic (exact) mass is 250 g/mol. The standard InChI is InChI=1S/C13H12ClFN2/c1-7-3-5-10(14)12(13(7)15)9-4-6-11(16)17-8(9)2/h3-6H,1-2H3,(H2,16,17). The lowest BCUT2D eigenvalue weighted by Crippen LogP contribution is -1.97. The maximum absolute atomic E-state index is 14.1. The Labute approximate surface area is 104 Å². The van der Waals surface area contributed by atoms with E-state index in [1.165, 1.54) is 0 Å². The number of halogens is 2. The second-order valence-corrected chi connectivity index (χ2v) is 4.33. The minimum atomic E-state index is -0.313. The van der Waals surface area contributed by atoms with Crippen molar-refractivity contribution in [1.82, 2.24) is 4.98 Å². The van der Waals surface area contributed by atoms with Crippen LogP contribution in [0.4, 0.5) is 10.2 Å². The number of nitrogen functional groups attached to an aromatic ring is 1. The van der Waals surface area contributed by atoms with Crippen molar-refractivity contribution < 1.29 is 4.39 Å². The SMILES string of the molecule is Cc1ccc(Cl)c(-c2ccc(N)nc2C)c1F. The Hall–Kier alpha value is -1.61. The van der Waals surface area contributed by atoms with Gasteiger partial charge in [-0.05, 0) is 37.6 Å². The van der Waals surface area contributed by atoms with E-state index in [-0.39, 0.29) is 5.82 Å². The summed E-state index contributed by atoms with van der Waals surface area (Å²) in [7, 11) is 0. The molecule has 0 radical (unpaired) electrons. The summed E-state index contributed by atoms with van der Waals surface area (Å²) >= 11 is 6.05. The van der Waals surface area contributed by atoms with Crippen LogP contribution in [0.25, 0.3) is 11.1 Å². The third kappa shape index (κ3) is 2.11. The molecule has 2 N–H and O–H groups in total. The Morgan fingerprint density at radius 1 is 1.18 bits per heavy atom. The zero-order chi connectivity index (χ0) is 12.6. The third-order valence-electron chi connectivity index (χ3n) is 2.66. The van der Waals surface area contributed by atoms with Gasteiger partial charge >= 0.3 is 0 Å². The zero-order valence-electron chi connectivity index (χ0n) is 9.59. The Bertz CT molecular complexity index is 582. The summed E-state index contributed by atoms with van der Waals surface area (Å²) in [6.07, 6.45) is 0. The number of nitrogens with two attached hydrogens (primary N) is 1. The van der Waals surface area contributed by atoms with Gasteiger partial charge in [0.05, 0.1) is 5.02 Å². The van der Waals surface area contributed by atoms with E-state index in [2.05, 4.69) is 4.98 Å². The second kappa shape index (κ2) is 4.34. The van der Waals surface area contributed by atoms with Crippen molar-refractivity contribution in [2.45, 2.75) is 13.8 Å². The van der Waals surface area contributed by atoms with Crippen molar-refractivity contribution >= 4 is 17.4 Å². The fourth-order valence-corrected chi connectivity index (χ4v) is 2.00. The molecule has 0 saturated carbocycles. The molecule has 2 aromatic rings. The molecule has 0 aliphatic heterocycles. The van der Waals surface area contributed by atoms with Crippen LogP contribution in [0.2, 0.25) is 5.02 Å². The minimum absolute atomic E-state index is 0.313. The number of benzene rings is 1. The Kier molecular flexibility index (Phi) is 3.03. The number of aryl methyl sites for hydroxylation is 2. The van der Waals surface area contributed by atoms with Crippen molar-refractivity contribution in [1.29, 1.82) is 0 Å². The molecule has 0 spiro atoms. The normalized spacial score (nSPS) is 10.6. The fraction of sp³-hybridized carbons (Fsp3) is 0.154. The van der Waals surface area contributed by atoms with E-state index in [9.17, 15) is 4.39 Å². The van der Waals surface area contributed by atoms with E-state index in [1.54, 1.807) is 38.1 Å². The predicted molar refractivity (Wildman–Crippen MR) is 68.5 cm³/mol. The molecule has 0 amide bonds. The maximum atomic E-state index is 14.1. The van der Waals surface area contributed by atoms with Gasteiger partial charge in [0.15, 0.2) is 0 Å². The van der Waals surface area contributed by atoms with Gasteiger partial charge in [-0.1, -0.05) is 17.7 Å². The Balaban J connectivity index is 2.72. The van der Waals surface area contributed by atoms with Crippen LogP contribution >= 0.6 is 11.6 Å². The lowest BCUT2D eigenvalue weighted by molar-refractivity contribution is 0.622. The van der Waals surface area contributed by atoms with Crippen LogP contribution < -0.4 is 5.73 Å². The summed E-state index contributed by atoms with van der Waals surface area (Å²) in [5.41, 5.74) is 7.85. The van der Waals surface area contributed by atoms with Crippen molar-refractivity contribution in [2.24, 2.45) is 0 Å². The Morgan fingerprint density at radius 3 is 2.53 bits per heavy atom. The highest BCUT2D eigenvalue weighted by molar-refractivity contribution is 6.33. The van der Waals surface area contributed by atoms with Crippen LogP contribution in [0.5, 0.6) is 0 Å². The van der Waals surface area contributed by atoms with E-state index in [0.29, 0.717) is 33.2 Å². The average Bonchev–Trinajstić information content (AvgIpc) is 2.27. The van der Waals surface area contributed by atoms with Crippen molar-refractivity contribution in [3.8, 4) is 11.1 Å². The van der Waals surface area contributed by atoms with Gasteiger partial charge in [-0.3, -0.25) is 0 Å². The summed E-state index contributed by atoms with van der Waals surface area (Å²) in [5, 5.41) is 0.378. The average molecular weight is 251 g/mol. The molecule has 1 heterocycles. The van der Waals surface area contributed by atoms with Crippen LogP contribution in [0, 0.1) is 19.7 Å². The lowest BCUT2D eigenvalue weighted by atomic mass is 10.0. The smallest absolute Gasteiger partial charge is 0.135 e. The molecule has 1 aromatic heterocycles. The molecular weight excluding hydrogens is 239 g/mol. The van der Waals surface area contributed by atoms with Gasteiger partial charge in [-0.15, -0.1) is 0 Å². The molecule has 0 bridgehead atoms. The topological polar surface area (TPSA) is 38.9 Å². The van der Waals surface area contributed by atoms with Crippen LogP contribution in [-0.2, 0) is 0 Å². The highest BCUT2D eigenvalue weighted by Gasteiger charge is 2.14. The molecule has 4 heteroatoms. The highest BCUT2D eigenvalue weighted by atomic mass is 35.5. The van der Waals surface area contributed by atoms with Crippen LogP contribution in [-0.4, -0.2) is 4.98 Å². The largest absolute Gasteiger partial charge is 0.384 e. The third-order valence-corrected chi connectivity index (χ3v) is 2.98. The van der Waals surface area contributed by atoms with Crippen molar-refractivity contribution in [3.63, 3.8) is 0 Å². The van der Waals surface area contributed by atoms with Gasteiger partial charge in [-0.2, -0.15) is 0 Å². The van der Waals surface area contributed by atoms with E-state index in [1.807, 2.05) is 0 Å². The molecule has 0 saturated heterocycles. The molecule has 17 heavy (non-hydrogen) atoms. The number of pyridine rings is 1. The Morgan fingerprint density at radius 2 is 1.88 bits per heavy atom. The number of anilines is 1. The number of nitrogens with zero attached hydrogens (tertiary/aromatic N) is 1. The summed E-state index contributed by atoms with van der Waals surface area (Å²) in [4.78, 5) is 4.11. The molecule has 2 nitrogen and oxygen atoms in total. The van der Waals surface area contributed by atoms with Gasteiger partial charge in [-0.25, -0.2) is 9.37 Å². The summed E-state index contributed by atoms with van der Waals surface area (Å²) in [6, 6.07) is 6.72. The number of rotatable bonds is 1. The molecule has 88 valence electrons. The van der Waals surface area contributed by atoms with Gasteiger partial charge in [0.25, 0.3) is 0 Å². The molecule has 0 unspecified atom stereocenters. The van der Waals surface area contributed by atoms with E-state index >= 15 is 0 Å². The molecule has 0 atom stereocenters. The summed E-state index contributed by atoms with van der Waals surface area (Å²) < 4.78 is 14.1. The molecule has 1 aromatic carbocycles. The lowest BCUT2D eigenvalue weighted by Gasteiger charge is -2.11. The van der Waals surface area contributed by atoms with E-state index in [4.69, 9.17) is 17.3 Å². The van der Waals surface area contributed by atoms with Gasteiger partial charge < -0.3 is 5.73 Å². The number of aromatic nitrogens is 1. The second-order valence-electron chi connectivity index (χ2n) is 3.92. The molecular formula is C13H12ClFN2. The molecule has 0 aliphatic carbocycles. The molecule has 0 fully saturated rings. The zero-order valence-corrected chi connectivity index (χ0v) is 10.3. The summed E-state index contributed by atoms with van der Waals surface area (Å²) in [5.74, 6) is 0.0996. The molecule has 2 rings (SSSR count). The predicted octanol–water partition coefficient (Wildman–Crippen LogP) is 3.74. The summed E-state index contributed by atoms with van der Waals surface area (Å²) in [6.45, 7) is 3.49. The number of hydrogen-bond acceptors (Lipinski definition) is 2. The van der Waals surface area contributed by atoms with Gasteiger partial charge in [0.1, 0.15) is 11.6 Å². The molecule has 0 aliphatic rings. The van der Waals surface area contributed by atoms with Gasteiger partial charge in [0.2, 0.25) is 0 Å². The van der Waals surface area contributed by atoms with Crippen molar-refractivity contribution in [3.05, 3.63) is 46.4 Å². The first kappa shape index (κ1) is 11.9. The first-order valence-corrected chi connectivity index (χ1v) is 5.56. The maximum Gasteiger partial charge on any atom is 0.135 e. The van der Waals surface area contributed by atoms with E-state index in [0.717, 1.165) is 0 Å². The quantitative estimate of drug-likeness (QED) is 0.837. The minimum Gasteiger partial charge on any atom is -0.384 e. The van der Waals surface area contributed by atoms with Crippen molar-refractivity contribution in [2.75, 3.05) is 5.73 Å². The number of hydrogen-bond donors (Lipinski definition) is 1. The van der Waals surface area contributed by atoms with Gasteiger partial charge in [0, 0.05) is 16.8 Å². The van der Waals surface area contributed by atoms with Crippen LogP contribution in [0.15, 0.2) is 24.3 Å². The highest BCUT2D eigenvalue weighted by Crippen LogP contribution is 2.33.